The van der Waals surface area contributed by atoms with Gasteiger partial charge in [-0.25, -0.2) is 13.5 Å². The fourth-order valence-electron chi connectivity index (χ4n) is 2.24. The second-order valence-electron chi connectivity index (χ2n) is 5.59. The molecule has 144 valence electrons. The summed E-state index contributed by atoms with van der Waals surface area (Å²) in [5, 5.41) is 18.9. The van der Waals surface area contributed by atoms with Gasteiger partial charge in [0.1, 0.15) is 5.75 Å². The highest BCUT2D eigenvalue weighted by Crippen LogP contribution is 2.22. The first-order valence-electron chi connectivity index (χ1n) is 7.70. The zero-order valence-electron chi connectivity index (χ0n) is 14.0. The van der Waals surface area contributed by atoms with Crippen molar-refractivity contribution >= 4 is 43.0 Å². The van der Waals surface area contributed by atoms with Crippen molar-refractivity contribution in [3.05, 3.63) is 63.1 Å². The number of nitro groups is 1. The van der Waals surface area contributed by atoms with Crippen LogP contribution in [0.2, 0.25) is 0 Å². The predicted octanol–water partition coefficient (Wildman–Crippen LogP) is 2.55. The lowest BCUT2D eigenvalue weighted by molar-refractivity contribution is -0.384. The molecule has 0 saturated heterocycles. The molecule has 2 aromatic carbocycles. The minimum absolute atomic E-state index is 0.0319. The zero-order valence-corrected chi connectivity index (χ0v) is 16.4. The van der Waals surface area contributed by atoms with Crippen molar-refractivity contribution in [1.29, 1.82) is 0 Å². The Hall–Kier alpha value is -3.12. The Morgan fingerprint density at radius 3 is 2.61 bits per heavy atom. The van der Waals surface area contributed by atoms with Crippen molar-refractivity contribution < 1.29 is 18.1 Å². The third-order valence-corrected chi connectivity index (χ3v) is 5.47. The minimum Gasteiger partial charge on any atom is -0.325 e. The molecule has 1 amide bonds. The van der Waals surface area contributed by atoms with Crippen molar-refractivity contribution in [3.63, 3.8) is 0 Å². The molecule has 0 aliphatic carbocycles. The van der Waals surface area contributed by atoms with Gasteiger partial charge in [-0.2, -0.15) is 10.1 Å². The van der Waals surface area contributed by atoms with Crippen LogP contribution in [0, 0.1) is 10.1 Å². The largest absolute Gasteiger partial charge is 0.325 e. The quantitative estimate of drug-likeness (QED) is 0.419. The van der Waals surface area contributed by atoms with Gasteiger partial charge in [0.05, 0.1) is 4.92 Å². The number of hydrogen-bond acceptors (Lipinski definition) is 7. The van der Waals surface area contributed by atoms with E-state index in [1.807, 2.05) is 0 Å². The summed E-state index contributed by atoms with van der Waals surface area (Å²) in [7, 11) is -4.09. The number of non-ortho nitro benzene ring substituents is 1. The first-order chi connectivity index (χ1) is 13.2. The number of nitrogens with one attached hydrogen (secondary N) is 2. The highest BCUT2D eigenvalue weighted by molar-refractivity contribution is 9.10. The number of aromatic nitrogens is 3. The van der Waals surface area contributed by atoms with E-state index in [1.54, 1.807) is 24.3 Å². The fraction of sp³-hybridized carbons (Fsp3) is 0.0625. The van der Waals surface area contributed by atoms with Crippen molar-refractivity contribution in [3.8, 4) is 11.4 Å². The van der Waals surface area contributed by atoms with Crippen molar-refractivity contribution in [2.75, 3.05) is 11.1 Å². The molecule has 0 spiro atoms. The standard InChI is InChI=1S/C16H12BrN5O5S/c17-11-4-6-12(7-5-11)18-14(23)9-28(26,27)16-19-15(20-21-16)10-2-1-3-13(8-10)22(24)25/h1-8H,9H2,(H,18,23)(H,19,20,21). The smallest absolute Gasteiger partial charge is 0.270 e. The average Bonchev–Trinajstić information content (AvgIpc) is 3.14. The molecule has 0 fully saturated rings. The van der Waals surface area contributed by atoms with Gasteiger partial charge in [-0.1, -0.05) is 28.1 Å². The predicted molar refractivity (Wildman–Crippen MR) is 103 cm³/mol. The van der Waals surface area contributed by atoms with Crippen LogP contribution < -0.4 is 5.32 Å². The molecule has 12 heteroatoms. The third kappa shape index (κ3) is 4.58. The van der Waals surface area contributed by atoms with Gasteiger partial charge in [0.15, 0.2) is 5.82 Å². The van der Waals surface area contributed by atoms with Gasteiger partial charge in [0, 0.05) is 27.9 Å². The molecular weight excluding hydrogens is 454 g/mol. The molecule has 0 saturated carbocycles. The maximum absolute atomic E-state index is 12.4. The summed E-state index contributed by atoms with van der Waals surface area (Å²) in [5.41, 5.74) is 0.532. The number of nitro benzene ring substituents is 1. The number of H-pyrrole nitrogens is 1. The highest BCUT2D eigenvalue weighted by Gasteiger charge is 2.24. The van der Waals surface area contributed by atoms with Gasteiger partial charge in [-0.05, 0) is 24.3 Å². The maximum atomic E-state index is 12.4. The van der Waals surface area contributed by atoms with E-state index in [2.05, 4.69) is 36.4 Å². The van der Waals surface area contributed by atoms with Crippen LogP contribution in [-0.4, -0.2) is 40.2 Å². The van der Waals surface area contributed by atoms with E-state index in [-0.39, 0.29) is 17.1 Å². The Morgan fingerprint density at radius 2 is 1.93 bits per heavy atom. The third-order valence-electron chi connectivity index (χ3n) is 3.52. The number of carbonyl (C=O) groups is 1. The van der Waals surface area contributed by atoms with Crippen LogP contribution in [0.15, 0.2) is 58.2 Å². The number of carbonyl (C=O) groups excluding carboxylic acids is 1. The van der Waals surface area contributed by atoms with Crippen LogP contribution in [0.5, 0.6) is 0 Å². The molecule has 0 aliphatic heterocycles. The van der Waals surface area contributed by atoms with Crippen molar-refractivity contribution in [2.24, 2.45) is 0 Å². The van der Waals surface area contributed by atoms with E-state index in [9.17, 15) is 23.3 Å². The molecule has 3 aromatic rings. The summed E-state index contributed by atoms with van der Waals surface area (Å²) < 4.78 is 25.6. The van der Waals surface area contributed by atoms with Crippen LogP contribution >= 0.6 is 15.9 Å². The molecule has 1 heterocycles. The number of sulfone groups is 1. The minimum atomic E-state index is -4.09. The highest BCUT2D eigenvalue weighted by atomic mass is 79.9. The van der Waals surface area contributed by atoms with E-state index in [0.29, 0.717) is 5.69 Å². The summed E-state index contributed by atoms with van der Waals surface area (Å²) in [4.78, 5) is 26.2. The van der Waals surface area contributed by atoms with E-state index in [4.69, 9.17) is 0 Å². The van der Waals surface area contributed by atoms with Crippen LogP contribution in [0.4, 0.5) is 11.4 Å². The fourth-order valence-corrected chi connectivity index (χ4v) is 3.47. The molecule has 0 bridgehead atoms. The summed E-state index contributed by atoms with van der Waals surface area (Å²) >= 11 is 3.26. The number of amides is 1. The van der Waals surface area contributed by atoms with Crippen molar-refractivity contribution in [2.45, 2.75) is 5.16 Å². The number of rotatable bonds is 6. The molecule has 10 nitrogen and oxygen atoms in total. The summed E-state index contributed by atoms with van der Waals surface area (Å²) in [6.45, 7) is 0. The van der Waals surface area contributed by atoms with Crippen LogP contribution in [-0.2, 0) is 14.6 Å². The first-order valence-corrected chi connectivity index (χ1v) is 10.1. The Labute approximate surface area is 167 Å². The Morgan fingerprint density at radius 1 is 1.21 bits per heavy atom. The molecule has 0 atom stereocenters. The Kier molecular flexibility index (Phi) is 5.51. The lowest BCUT2D eigenvalue weighted by Crippen LogP contribution is -2.23. The lowest BCUT2D eigenvalue weighted by atomic mass is 10.2. The zero-order chi connectivity index (χ0) is 20.3. The number of aromatic amines is 1. The number of benzene rings is 2. The number of anilines is 1. The van der Waals surface area contributed by atoms with Crippen LogP contribution in [0.3, 0.4) is 0 Å². The second kappa shape index (κ2) is 7.86. The molecular formula is C16H12BrN5O5S. The van der Waals surface area contributed by atoms with Crippen LogP contribution in [0.1, 0.15) is 0 Å². The average molecular weight is 466 g/mol. The molecule has 1 aromatic heterocycles. The van der Waals surface area contributed by atoms with Gasteiger partial charge in [0.25, 0.3) is 5.69 Å². The number of nitrogens with zero attached hydrogens (tertiary/aromatic N) is 3. The lowest BCUT2D eigenvalue weighted by Gasteiger charge is -2.05. The number of hydrogen-bond donors (Lipinski definition) is 2. The molecule has 2 N–H and O–H groups in total. The van der Waals surface area contributed by atoms with Gasteiger partial charge in [0.2, 0.25) is 20.9 Å². The summed E-state index contributed by atoms with van der Waals surface area (Å²) in [5.74, 6) is -1.61. The Balaban J connectivity index is 1.76. The van der Waals surface area contributed by atoms with Gasteiger partial charge in [-0.15, -0.1) is 0 Å². The van der Waals surface area contributed by atoms with Gasteiger partial charge < -0.3 is 5.32 Å². The monoisotopic (exact) mass is 465 g/mol. The van der Waals surface area contributed by atoms with Gasteiger partial charge >= 0.3 is 0 Å². The summed E-state index contributed by atoms with van der Waals surface area (Å²) in [6, 6.07) is 12.1. The normalized spacial score (nSPS) is 11.2. The van der Waals surface area contributed by atoms with Gasteiger partial charge in [-0.3, -0.25) is 14.9 Å². The van der Waals surface area contributed by atoms with E-state index in [1.165, 1.54) is 24.3 Å². The Bertz CT molecular complexity index is 1140. The van der Waals surface area contributed by atoms with Crippen molar-refractivity contribution in [1.82, 2.24) is 15.2 Å². The summed E-state index contributed by atoms with van der Waals surface area (Å²) in [6.07, 6.45) is 0. The molecule has 3 rings (SSSR count). The topological polar surface area (TPSA) is 148 Å². The second-order valence-corrected chi connectivity index (χ2v) is 8.41. The first kappa shape index (κ1) is 19.6. The molecule has 28 heavy (non-hydrogen) atoms. The van der Waals surface area contributed by atoms with E-state index in [0.717, 1.165) is 4.47 Å². The number of halogens is 1. The van der Waals surface area contributed by atoms with E-state index < -0.39 is 31.6 Å². The van der Waals surface area contributed by atoms with Crippen LogP contribution in [0.25, 0.3) is 11.4 Å². The van der Waals surface area contributed by atoms with E-state index >= 15 is 0 Å². The maximum Gasteiger partial charge on any atom is 0.270 e. The molecule has 0 radical (unpaired) electrons. The molecule has 0 aliphatic rings. The molecule has 0 unspecified atom stereocenters. The SMILES string of the molecule is O=C(CS(=O)(=O)c1nc(-c2cccc([N+](=O)[O-])c2)n[nH]1)Nc1ccc(Br)cc1.